The number of hydrogen-bond donors (Lipinski definition) is 3. The molecule has 0 spiro atoms. The molecule has 0 radical (unpaired) electrons. The van der Waals surface area contributed by atoms with E-state index in [4.69, 9.17) is 15.9 Å². The van der Waals surface area contributed by atoms with Gasteiger partial charge in [0.25, 0.3) is 5.92 Å². The van der Waals surface area contributed by atoms with Gasteiger partial charge in [0, 0.05) is 13.0 Å². The van der Waals surface area contributed by atoms with Gasteiger partial charge in [-0.05, 0) is 6.42 Å². The van der Waals surface area contributed by atoms with E-state index in [1.54, 1.807) is 0 Å². The van der Waals surface area contributed by atoms with Crippen LogP contribution in [-0.4, -0.2) is 51.7 Å². The average molecular weight is 264 g/mol. The van der Waals surface area contributed by atoms with Gasteiger partial charge >= 0.3 is 12.1 Å². The number of nitrogens with zero attached hydrogens (tertiary/aromatic N) is 1. The van der Waals surface area contributed by atoms with E-state index in [1.807, 2.05) is 0 Å². The van der Waals surface area contributed by atoms with Gasteiger partial charge in [-0.15, -0.1) is 0 Å². The van der Waals surface area contributed by atoms with Crippen molar-refractivity contribution in [2.24, 2.45) is 5.73 Å². The zero-order valence-electron chi connectivity index (χ0n) is 9.47. The quantitative estimate of drug-likeness (QED) is 0.649. The molecule has 8 heteroatoms. The average Bonchev–Trinajstić information content (AvgIpc) is 2.52. The summed E-state index contributed by atoms with van der Waals surface area (Å²) in [6.07, 6.45) is -0.319. The summed E-state index contributed by atoms with van der Waals surface area (Å²) in [4.78, 5) is 22.4. The third-order valence-corrected chi connectivity index (χ3v) is 2.84. The maximum Gasteiger partial charge on any atom is 0.408 e. The minimum atomic E-state index is -3.34. The summed E-state index contributed by atoms with van der Waals surface area (Å²) in [5.41, 5.74) is 3.04. The predicted molar refractivity (Wildman–Crippen MR) is 57.5 cm³/mol. The molecule has 1 aliphatic heterocycles. The number of rotatable bonds is 4. The lowest BCUT2D eigenvalue weighted by molar-refractivity contribution is -0.149. The number of alkyl halides is 2. The Kier molecular flexibility index (Phi) is 3.90. The highest BCUT2D eigenvalue weighted by Gasteiger charge is 2.60. The number of hydrogen-bond acceptors (Lipinski definition) is 3. The standard InChI is InChI=1S/C10H14F2N2O4/c11-10(12)5-9(7(15)16,3-1-2-4-13)14(6-10)8(17)18/h1-2H,3-6,13H2,(H,15,16)(H,17,18)/b2-1-. The van der Waals surface area contributed by atoms with Gasteiger partial charge < -0.3 is 15.9 Å². The van der Waals surface area contributed by atoms with E-state index in [2.05, 4.69) is 0 Å². The Labute approximate surface area is 102 Å². The number of carbonyl (C=O) groups is 2. The first kappa shape index (κ1) is 14.4. The van der Waals surface area contributed by atoms with Crippen LogP contribution >= 0.6 is 0 Å². The van der Waals surface area contributed by atoms with Gasteiger partial charge in [-0.3, -0.25) is 4.90 Å². The molecule has 1 saturated heterocycles. The van der Waals surface area contributed by atoms with E-state index < -0.39 is 36.5 Å². The van der Waals surface area contributed by atoms with Crippen molar-refractivity contribution < 1.29 is 28.6 Å². The summed E-state index contributed by atoms with van der Waals surface area (Å²) >= 11 is 0. The van der Waals surface area contributed by atoms with Crippen LogP contribution in [0.15, 0.2) is 12.2 Å². The summed E-state index contributed by atoms with van der Waals surface area (Å²) in [7, 11) is 0. The Hall–Kier alpha value is -1.70. The molecule has 0 aromatic heterocycles. The van der Waals surface area contributed by atoms with E-state index >= 15 is 0 Å². The fourth-order valence-corrected chi connectivity index (χ4v) is 2.05. The zero-order valence-corrected chi connectivity index (χ0v) is 9.47. The van der Waals surface area contributed by atoms with E-state index in [0.29, 0.717) is 0 Å². The first-order valence-electron chi connectivity index (χ1n) is 5.22. The lowest BCUT2D eigenvalue weighted by Gasteiger charge is -2.30. The monoisotopic (exact) mass is 264 g/mol. The molecule has 1 amide bonds. The van der Waals surface area contributed by atoms with Crippen molar-refractivity contribution in [1.29, 1.82) is 0 Å². The maximum atomic E-state index is 13.3. The fourth-order valence-electron chi connectivity index (χ4n) is 2.05. The normalized spacial score (nSPS) is 26.7. The molecule has 1 atom stereocenters. The summed E-state index contributed by atoms with van der Waals surface area (Å²) in [6.45, 7) is -0.982. The Bertz CT molecular complexity index is 386. The van der Waals surface area contributed by atoms with Crippen LogP contribution in [0.3, 0.4) is 0 Å². The van der Waals surface area contributed by atoms with Crippen molar-refractivity contribution in [2.75, 3.05) is 13.1 Å². The molecule has 0 aliphatic carbocycles. The molecule has 1 heterocycles. The number of aliphatic carboxylic acids is 1. The number of halogens is 2. The minimum absolute atomic E-state index is 0.124. The minimum Gasteiger partial charge on any atom is -0.479 e. The van der Waals surface area contributed by atoms with Crippen LogP contribution in [0.25, 0.3) is 0 Å². The Morgan fingerprint density at radius 1 is 1.33 bits per heavy atom. The van der Waals surface area contributed by atoms with Crippen LogP contribution in [0.1, 0.15) is 12.8 Å². The molecular formula is C10H14F2N2O4. The summed E-state index contributed by atoms with van der Waals surface area (Å²) in [5, 5.41) is 18.0. The lowest BCUT2D eigenvalue weighted by Crippen LogP contribution is -2.52. The SMILES string of the molecule is NC/C=C\CC1(C(=O)O)CC(F)(F)CN1C(=O)O. The van der Waals surface area contributed by atoms with E-state index in [0.717, 1.165) is 0 Å². The highest BCUT2D eigenvalue weighted by Crippen LogP contribution is 2.42. The second kappa shape index (κ2) is 4.89. The fraction of sp³-hybridized carbons (Fsp3) is 0.600. The van der Waals surface area contributed by atoms with Crippen molar-refractivity contribution >= 4 is 12.1 Å². The van der Waals surface area contributed by atoms with E-state index in [1.165, 1.54) is 12.2 Å². The topological polar surface area (TPSA) is 104 Å². The predicted octanol–water partition coefficient (Wildman–Crippen LogP) is 0.734. The zero-order chi connectivity index (χ0) is 14.0. The molecule has 4 N–H and O–H groups in total. The van der Waals surface area contributed by atoms with Crippen LogP contribution in [0, 0.1) is 0 Å². The smallest absolute Gasteiger partial charge is 0.408 e. The van der Waals surface area contributed by atoms with E-state index in [9.17, 15) is 18.4 Å². The van der Waals surface area contributed by atoms with Gasteiger partial charge in [0.2, 0.25) is 0 Å². The summed E-state index contributed by atoms with van der Waals surface area (Å²) in [5.74, 6) is -4.92. The van der Waals surface area contributed by atoms with Crippen molar-refractivity contribution in [1.82, 2.24) is 4.90 Å². The van der Waals surface area contributed by atoms with Gasteiger partial charge in [-0.25, -0.2) is 18.4 Å². The summed E-state index contributed by atoms with van der Waals surface area (Å²) in [6, 6.07) is 0. The van der Waals surface area contributed by atoms with Gasteiger partial charge in [0.1, 0.15) is 0 Å². The Balaban J connectivity index is 3.10. The molecule has 18 heavy (non-hydrogen) atoms. The molecule has 0 bridgehead atoms. The third kappa shape index (κ3) is 2.58. The maximum absolute atomic E-state index is 13.3. The number of amides is 1. The molecule has 0 aromatic carbocycles. The number of carboxylic acids is 1. The molecule has 1 unspecified atom stereocenters. The van der Waals surface area contributed by atoms with Crippen molar-refractivity contribution in [3.63, 3.8) is 0 Å². The molecule has 6 nitrogen and oxygen atoms in total. The highest BCUT2D eigenvalue weighted by atomic mass is 19.3. The largest absolute Gasteiger partial charge is 0.479 e. The second-order valence-electron chi connectivity index (χ2n) is 4.15. The Morgan fingerprint density at radius 3 is 2.39 bits per heavy atom. The molecule has 0 aromatic rings. The third-order valence-electron chi connectivity index (χ3n) is 2.84. The van der Waals surface area contributed by atoms with Crippen LogP contribution in [-0.2, 0) is 4.79 Å². The van der Waals surface area contributed by atoms with Gasteiger partial charge in [0.15, 0.2) is 5.54 Å². The lowest BCUT2D eigenvalue weighted by atomic mass is 9.91. The van der Waals surface area contributed by atoms with E-state index in [-0.39, 0.29) is 17.9 Å². The number of nitrogens with two attached hydrogens (primary N) is 1. The van der Waals surface area contributed by atoms with Gasteiger partial charge in [0.05, 0.1) is 6.54 Å². The van der Waals surface area contributed by atoms with Crippen molar-refractivity contribution in [3.05, 3.63) is 12.2 Å². The molecule has 102 valence electrons. The molecule has 1 rings (SSSR count). The molecular weight excluding hydrogens is 250 g/mol. The van der Waals surface area contributed by atoms with Crippen LogP contribution < -0.4 is 5.73 Å². The first-order valence-corrected chi connectivity index (χ1v) is 5.22. The summed E-state index contributed by atoms with van der Waals surface area (Å²) < 4.78 is 26.6. The molecule has 1 fully saturated rings. The molecule has 0 saturated carbocycles. The van der Waals surface area contributed by atoms with Gasteiger partial charge in [-0.1, -0.05) is 12.2 Å². The van der Waals surface area contributed by atoms with Crippen molar-refractivity contribution in [3.8, 4) is 0 Å². The first-order chi connectivity index (χ1) is 8.25. The van der Waals surface area contributed by atoms with Crippen LogP contribution in [0.2, 0.25) is 0 Å². The van der Waals surface area contributed by atoms with Crippen LogP contribution in [0.4, 0.5) is 13.6 Å². The Morgan fingerprint density at radius 2 is 1.94 bits per heavy atom. The molecule has 1 aliphatic rings. The highest BCUT2D eigenvalue weighted by molar-refractivity contribution is 5.85. The number of likely N-dealkylation sites (tertiary alicyclic amines) is 1. The van der Waals surface area contributed by atoms with Gasteiger partial charge in [-0.2, -0.15) is 0 Å². The van der Waals surface area contributed by atoms with Crippen molar-refractivity contribution in [2.45, 2.75) is 24.3 Å². The second-order valence-corrected chi connectivity index (χ2v) is 4.15. The number of carboxylic acid groups (broad SMARTS) is 2. The van der Waals surface area contributed by atoms with Crippen LogP contribution in [0.5, 0.6) is 0 Å².